The fourth-order valence-electron chi connectivity index (χ4n) is 2.49. The van der Waals surface area contributed by atoms with Gasteiger partial charge in [0.2, 0.25) is 0 Å². The highest BCUT2D eigenvalue weighted by Gasteiger charge is 2.16. The Balaban J connectivity index is 1.71. The third-order valence-electron chi connectivity index (χ3n) is 3.68. The number of pyridine rings is 1. The van der Waals surface area contributed by atoms with Crippen molar-refractivity contribution in [2.75, 3.05) is 11.9 Å². The molecule has 138 valence electrons. The molecule has 27 heavy (non-hydrogen) atoms. The molecule has 0 bridgehead atoms. The molecule has 0 radical (unpaired) electrons. The first-order chi connectivity index (χ1) is 12.8. The molecule has 0 fully saturated rings. The Bertz CT molecular complexity index is 1050. The second kappa shape index (κ2) is 8.13. The molecule has 0 aliphatic rings. The van der Waals surface area contributed by atoms with Crippen LogP contribution in [-0.2, 0) is 9.53 Å². The van der Waals surface area contributed by atoms with Crippen molar-refractivity contribution in [3.05, 3.63) is 68.8 Å². The van der Waals surface area contributed by atoms with Crippen LogP contribution in [0.3, 0.4) is 0 Å². The van der Waals surface area contributed by atoms with Crippen LogP contribution in [0.4, 0.5) is 5.69 Å². The van der Waals surface area contributed by atoms with Crippen molar-refractivity contribution >= 4 is 63.3 Å². The average molecular weight is 424 g/mol. The maximum Gasteiger partial charge on any atom is 0.339 e. The van der Waals surface area contributed by atoms with Gasteiger partial charge in [-0.25, -0.2) is 4.79 Å². The summed E-state index contributed by atoms with van der Waals surface area (Å²) in [7, 11) is 0. The second-order valence-corrected chi connectivity index (χ2v) is 6.92. The summed E-state index contributed by atoms with van der Waals surface area (Å²) in [6.07, 6.45) is 0. The van der Waals surface area contributed by atoms with E-state index in [4.69, 9.17) is 39.5 Å². The molecule has 1 heterocycles. The molecule has 0 saturated carbocycles. The third-order valence-corrected chi connectivity index (χ3v) is 4.72. The lowest BCUT2D eigenvalue weighted by atomic mass is 10.1. The predicted octanol–water partition coefficient (Wildman–Crippen LogP) is 5.30. The van der Waals surface area contributed by atoms with Crippen LogP contribution in [0.2, 0.25) is 15.1 Å². The van der Waals surface area contributed by atoms with Crippen LogP contribution < -0.4 is 5.32 Å². The number of carbonyl (C=O) groups is 2. The van der Waals surface area contributed by atoms with Gasteiger partial charge in [0.1, 0.15) is 0 Å². The highest BCUT2D eigenvalue weighted by atomic mass is 35.5. The van der Waals surface area contributed by atoms with Crippen LogP contribution >= 0.6 is 34.8 Å². The summed E-state index contributed by atoms with van der Waals surface area (Å²) in [6, 6.07) is 11.7. The van der Waals surface area contributed by atoms with Gasteiger partial charge < -0.3 is 10.1 Å². The molecule has 1 aromatic heterocycles. The topological polar surface area (TPSA) is 68.3 Å². The fourth-order valence-corrected chi connectivity index (χ4v) is 3.08. The Kier molecular flexibility index (Phi) is 5.85. The number of carbonyl (C=O) groups excluding carboxylic acids is 2. The maximum atomic E-state index is 12.4. The number of hydrogen-bond acceptors (Lipinski definition) is 4. The van der Waals surface area contributed by atoms with E-state index in [1.165, 1.54) is 12.1 Å². The molecule has 3 rings (SSSR count). The zero-order valence-electron chi connectivity index (χ0n) is 14.1. The summed E-state index contributed by atoms with van der Waals surface area (Å²) in [5, 5.41) is 3.92. The number of nitrogens with one attached hydrogen (secondary N) is 1. The Morgan fingerprint density at radius 2 is 1.74 bits per heavy atom. The molecule has 2 aromatic carbocycles. The molecular formula is C19H13Cl3N2O3. The van der Waals surface area contributed by atoms with E-state index >= 15 is 0 Å². The number of amides is 1. The van der Waals surface area contributed by atoms with E-state index in [9.17, 15) is 9.59 Å². The van der Waals surface area contributed by atoms with Gasteiger partial charge in [-0.05, 0) is 31.2 Å². The van der Waals surface area contributed by atoms with Gasteiger partial charge in [-0.3, -0.25) is 9.78 Å². The summed E-state index contributed by atoms with van der Waals surface area (Å²) in [6.45, 7) is 1.30. The SMILES string of the molecule is Cc1cc(C(=O)OCC(=O)Nc2cc(Cl)c(Cl)cc2Cl)c2ccccc2n1. The number of esters is 1. The number of aromatic nitrogens is 1. The van der Waals surface area contributed by atoms with E-state index < -0.39 is 18.5 Å². The van der Waals surface area contributed by atoms with Crippen LogP contribution in [0, 0.1) is 6.92 Å². The van der Waals surface area contributed by atoms with Gasteiger partial charge >= 0.3 is 5.97 Å². The van der Waals surface area contributed by atoms with Gasteiger partial charge in [0.15, 0.2) is 6.61 Å². The summed E-state index contributed by atoms with van der Waals surface area (Å²) >= 11 is 17.8. The number of nitrogens with zero attached hydrogens (tertiary/aromatic N) is 1. The highest BCUT2D eigenvalue weighted by molar-refractivity contribution is 6.44. The number of hydrogen-bond donors (Lipinski definition) is 1. The molecule has 0 spiro atoms. The molecular weight excluding hydrogens is 411 g/mol. The van der Waals surface area contributed by atoms with Crippen LogP contribution in [0.1, 0.15) is 16.1 Å². The minimum absolute atomic E-state index is 0.222. The summed E-state index contributed by atoms with van der Waals surface area (Å²) in [5.41, 5.74) is 1.97. The van der Waals surface area contributed by atoms with E-state index in [-0.39, 0.29) is 20.8 Å². The molecule has 0 unspecified atom stereocenters. The van der Waals surface area contributed by atoms with Crippen LogP contribution in [0.15, 0.2) is 42.5 Å². The van der Waals surface area contributed by atoms with Crippen molar-refractivity contribution in [2.45, 2.75) is 6.92 Å². The minimum atomic E-state index is -0.618. The molecule has 0 aliphatic carbocycles. The van der Waals surface area contributed by atoms with Crippen LogP contribution in [0.25, 0.3) is 10.9 Å². The summed E-state index contributed by atoms with van der Waals surface area (Å²) in [4.78, 5) is 28.9. The Hall–Kier alpha value is -2.34. The van der Waals surface area contributed by atoms with Crippen molar-refractivity contribution in [1.82, 2.24) is 4.98 Å². The van der Waals surface area contributed by atoms with Gasteiger partial charge in [-0.15, -0.1) is 0 Å². The monoisotopic (exact) mass is 422 g/mol. The standard InChI is InChI=1S/C19H13Cl3N2O3/c1-10-6-12(11-4-2-3-5-16(11)23-10)19(26)27-9-18(25)24-17-8-14(21)13(20)7-15(17)22/h2-8H,9H2,1H3,(H,24,25). The molecule has 8 heteroatoms. The van der Waals surface area contributed by atoms with Crippen molar-refractivity contribution in [3.63, 3.8) is 0 Å². The minimum Gasteiger partial charge on any atom is -0.452 e. The van der Waals surface area contributed by atoms with Crippen molar-refractivity contribution < 1.29 is 14.3 Å². The number of halogens is 3. The highest BCUT2D eigenvalue weighted by Crippen LogP contribution is 2.32. The number of ether oxygens (including phenoxy) is 1. The molecule has 1 N–H and O–H groups in total. The quantitative estimate of drug-likeness (QED) is 0.457. The van der Waals surface area contributed by atoms with E-state index in [2.05, 4.69) is 10.3 Å². The molecule has 5 nitrogen and oxygen atoms in total. The van der Waals surface area contributed by atoms with Gasteiger partial charge in [-0.1, -0.05) is 53.0 Å². The second-order valence-electron chi connectivity index (χ2n) is 5.70. The average Bonchev–Trinajstić information content (AvgIpc) is 2.63. The van der Waals surface area contributed by atoms with Crippen molar-refractivity contribution in [1.29, 1.82) is 0 Å². The van der Waals surface area contributed by atoms with Crippen molar-refractivity contribution in [3.8, 4) is 0 Å². The summed E-state index contributed by atoms with van der Waals surface area (Å²) in [5.74, 6) is -1.18. The van der Waals surface area contributed by atoms with Gasteiger partial charge in [0, 0.05) is 11.1 Å². The van der Waals surface area contributed by atoms with Gasteiger partial charge in [0.05, 0.1) is 31.8 Å². The number of fused-ring (bicyclic) bond motifs is 1. The third kappa shape index (κ3) is 4.50. The lowest BCUT2D eigenvalue weighted by Crippen LogP contribution is -2.21. The molecule has 3 aromatic rings. The van der Waals surface area contributed by atoms with Crippen LogP contribution in [-0.4, -0.2) is 23.5 Å². The van der Waals surface area contributed by atoms with E-state index in [1.807, 2.05) is 6.07 Å². The van der Waals surface area contributed by atoms with E-state index in [0.29, 0.717) is 22.2 Å². The Labute approximate surface area is 170 Å². The summed E-state index contributed by atoms with van der Waals surface area (Å²) < 4.78 is 5.14. The van der Waals surface area contributed by atoms with Crippen LogP contribution in [0.5, 0.6) is 0 Å². The van der Waals surface area contributed by atoms with E-state index in [0.717, 1.165) is 0 Å². The molecule has 1 amide bonds. The number of anilines is 1. The zero-order chi connectivity index (χ0) is 19.6. The smallest absolute Gasteiger partial charge is 0.339 e. The zero-order valence-corrected chi connectivity index (χ0v) is 16.3. The largest absolute Gasteiger partial charge is 0.452 e. The Morgan fingerprint density at radius 1 is 1.04 bits per heavy atom. The maximum absolute atomic E-state index is 12.4. The van der Waals surface area contributed by atoms with Gasteiger partial charge in [-0.2, -0.15) is 0 Å². The molecule has 0 aliphatic heterocycles. The lowest BCUT2D eigenvalue weighted by molar-refractivity contribution is -0.119. The predicted molar refractivity (Wildman–Crippen MR) is 107 cm³/mol. The number of para-hydroxylation sites is 1. The first-order valence-corrected chi connectivity index (χ1v) is 8.96. The normalized spacial score (nSPS) is 10.7. The molecule has 0 saturated heterocycles. The van der Waals surface area contributed by atoms with Gasteiger partial charge in [0.25, 0.3) is 5.91 Å². The first kappa shape index (κ1) is 19.4. The van der Waals surface area contributed by atoms with E-state index in [1.54, 1.807) is 31.2 Å². The number of aryl methyl sites for hydroxylation is 1. The Morgan fingerprint density at radius 3 is 2.52 bits per heavy atom. The van der Waals surface area contributed by atoms with Crippen molar-refractivity contribution in [2.24, 2.45) is 0 Å². The fraction of sp³-hybridized carbons (Fsp3) is 0.105. The first-order valence-electron chi connectivity index (χ1n) is 7.83. The number of benzene rings is 2. The number of rotatable bonds is 4. The molecule has 0 atom stereocenters. The lowest BCUT2D eigenvalue weighted by Gasteiger charge is -2.10.